The molecule has 0 amide bonds. The lowest BCUT2D eigenvalue weighted by molar-refractivity contribution is 0.0399. The molecule has 1 fully saturated rings. The van der Waals surface area contributed by atoms with E-state index < -0.39 is 0 Å². The Kier molecular flexibility index (Phi) is 4.16. The van der Waals surface area contributed by atoms with Crippen molar-refractivity contribution in [3.63, 3.8) is 0 Å². The molecule has 1 unspecified atom stereocenters. The van der Waals surface area contributed by atoms with Gasteiger partial charge < -0.3 is 15.0 Å². The van der Waals surface area contributed by atoms with Gasteiger partial charge in [0.25, 0.3) is 0 Å². The van der Waals surface area contributed by atoms with E-state index in [0.717, 1.165) is 32.7 Å². The number of fused-ring (bicyclic) bond motifs is 1. The second kappa shape index (κ2) is 6.04. The van der Waals surface area contributed by atoms with E-state index in [9.17, 15) is 0 Å². The number of likely N-dealkylation sites (N-methyl/N-ethyl adjacent to an activating group) is 1. The van der Waals surface area contributed by atoms with E-state index in [1.807, 2.05) is 0 Å². The normalized spacial score (nSPS) is 24.4. The van der Waals surface area contributed by atoms with Gasteiger partial charge in [0.15, 0.2) is 0 Å². The average Bonchev–Trinajstić information content (AvgIpc) is 2.48. The maximum absolute atomic E-state index is 5.44. The fraction of sp³-hybridized carbons (Fsp3) is 0.625. The Balaban J connectivity index is 1.56. The molecule has 0 aromatic heterocycles. The van der Waals surface area contributed by atoms with Gasteiger partial charge in [-0.05, 0) is 37.4 Å². The van der Waals surface area contributed by atoms with Crippen LogP contribution in [0.2, 0.25) is 0 Å². The molecule has 1 aromatic rings. The Hall–Kier alpha value is -0.900. The molecule has 1 saturated heterocycles. The minimum atomic E-state index is 0.586. The summed E-state index contributed by atoms with van der Waals surface area (Å²) in [5.74, 6) is 0. The molecule has 1 aromatic carbocycles. The van der Waals surface area contributed by atoms with Crippen molar-refractivity contribution < 1.29 is 4.74 Å². The van der Waals surface area contributed by atoms with Crippen LogP contribution in [0.1, 0.15) is 24.0 Å². The predicted octanol–water partition coefficient (Wildman–Crippen LogP) is 1.81. The van der Waals surface area contributed by atoms with Crippen LogP contribution in [0.4, 0.5) is 0 Å². The third kappa shape index (κ3) is 3.16. The second-order valence-electron chi connectivity index (χ2n) is 5.83. The molecule has 2 aliphatic rings. The molecule has 3 nitrogen and oxygen atoms in total. The summed E-state index contributed by atoms with van der Waals surface area (Å²) in [4.78, 5) is 2.52. The summed E-state index contributed by atoms with van der Waals surface area (Å²) in [7, 11) is 2.26. The van der Waals surface area contributed by atoms with Gasteiger partial charge in [0.2, 0.25) is 0 Å². The number of nitrogens with one attached hydrogen (secondary N) is 1. The van der Waals surface area contributed by atoms with Gasteiger partial charge in [-0.1, -0.05) is 24.3 Å². The Morgan fingerprint density at radius 1 is 1.21 bits per heavy atom. The molecule has 1 atom stereocenters. The highest BCUT2D eigenvalue weighted by atomic mass is 16.5. The summed E-state index contributed by atoms with van der Waals surface area (Å²) in [6.45, 7) is 4.01. The van der Waals surface area contributed by atoms with Crippen molar-refractivity contribution in [3.05, 3.63) is 35.4 Å². The van der Waals surface area contributed by atoms with Gasteiger partial charge in [-0.25, -0.2) is 0 Å². The molecule has 2 aliphatic heterocycles. The third-order valence-electron chi connectivity index (χ3n) is 4.49. The average molecular weight is 260 g/mol. The Labute approximate surface area is 115 Å². The van der Waals surface area contributed by atoms with Crippen LogP contribution in [0.15, 0.2) is 24.3 Å². The predicted molar refractivity (Wildman–Crippen MR) is 77.2 cm³/mol. The van der Waals surface area contributed by atoms with Gasteiger partial charge in [-0.3, -0.25) is 0 Å². The van der Waals surface area contributed by atoms with E-state index >= 15 is 0 Å². The van der Waals surface area contributed by atoms with Gasteiger partial charge in [-0.15, -0.1) is 0 Å². The first-order valence-electron chi connectivity index (χ1n) is 7.41. The lowest BCUT2D eigenvalue weighted by atomic mass is 9.95. The Bertz CT molecular complexity index is 415. The smallest absolute Gasteiger partial charge is 0.0480 e. The zero-order valence-corrected chi connectivity index (χ0v) is 11.8. The largest absolute Gasteiger partial charge is 0.381 e. The first-order chi connectivity index (χ1) is 9.33. The third-order valence-corrected chi connectivity index (χ3v) is 4.49. The van der Waals surface area contributed by atoms with E-state index in [0.29, 0.717) is 12.1 Å². The maximum Gasteiger partial charge on any atom is 0.0480 e. The van der Waals surface area contributed by atoms with Crippen LogP contribution in [-0.2, 0) is 17.7 Å². The standard InChI is InChI=1S/C16H24N2O/c1-18(16-6-8-19-9-7-16)12-15-10-13-4-2-3-5-14(13)11-17-15/h2-5,15-17H,6-12H2,1H3. The summed E-state index contributed by atoms with van der Waals surface area (Å²) in [6, 6.07) is 10.1. The number of hydrogen-bond acceptors (Lipinski definition) is 3. The highest BCUT2D eigenvalue weighted by molar-refractivity contribution is 5.29. The lowest BCUT2D eigenvalue weighted by Crippen LogP contribution is -2.47. The van der Waals surface area contributed by atoms with Crippen LogP contribution in [0, 0.1) is 0 Å². The molecule has 0 radical (unpaired) electrons. The van der Waals surface area contributed by atoms with Crippen LogP contribution < -0.4 is 5.32 Å². The molecule has 19 heavy (non-hydrogen) atoms. The number of hydrogen-bond donors (Lipinski definition) is 1. The van der Waals surface area contributed by atoms with Crippen LogP contribution in [0.25, 0.3) is 0 Å². The Morgan fingerprint density at radius 3 is 2.74 bits per heavy atom. The fourth-order valence-corrected chi connectivity index (χ4v) is 3.27. The zero-order chi connectivity index (χ0) is 13.1. The van der Waals surface area contributed by atoms with Crippen LogP contribution in [0.5, 0.6) is 0 Å². The van der Waals surface area contributed by atoms with Gasteiger partial charge in [0, 0.05) is 38.4 Å². The Morgan fingerprint density at radius 2 is 1.95 bits per heavy atom. The first-order valence-corrected chi connectivity index (χ1v) is 7.41. The van der Waals surface area contributed by atoms with E-state index in [2.05, 4.69) is 41.5 Å². The molecule has 2 heterocycles. The summed E-state index contributed by atoms with van der Waals surface area (Å²) < 4.78 is 5.44. The molecule has 1 N–H and O–H groups in total. The van der Waals surface area contributed by atoms with Crippen molar-refractivity contribution in [2.75, 3.05) is 26.8 Å². The highest BCUT2D eigenvalue weighted by Crippen LogP contribution is 2.18. The molecule has 0 aliphatic carbocycles. The molecule has 3 rings (SSSR count). The molecule has 0 bridgehead atoms. The van der Waals surface area contributed by atoms with Gasteiger partial charge in [-0.2, -0.15) is 0 Å². The van der Waals surface area contributed by atoms with Crippen molar-refractivity contribution in [1.29, 1.82) is 0 Å². The molecule has 3 heteroatoms. The lowest BCUT2D eigenvalue weighted by Gasteiger charge is -2.35. The summed E-state index contributed by atoms with van der Waals surface area (Å²) >= 11 is 0. The van der Waals surface area contributed by atoms with E-state index in [1.165, 1.54) is 24.0 Å². The van der Waals surface area contributed by atoms with E-state index in [4.69, 9.17) is 4.74 Å². The molecule has 104 valence electrons. The SMILES string of the molecule is CN(CC1Cc2ccccc2CN1)C1CCOCC1. The zero-order valence-electron chi connectivity index (χ0n) is 11.8. The van der Waals surface area contributed by atoms with Crippen LogP contribution in [-0.4, -0.2) is 43.8 Å². The topological polar surface area (TPSA) is 24.5 Å². The molecule has 0 spiro atoms. The summed E-state index contributed by atoms with van der Waals surface area (Å²) in [6.07, 6.45) is 3.52. The van der Waals surface area contributed by atoms with Crippen molar-refractivity contribution in [3.8, 4) is 0 Å². The van der Waals surface area contributed by atoms with Gasteiger partial charge in [0.1, 0.15) is 0 Å². The maximum atomic E-state index is 5.44. The van der Waals surface area contributed by atoms with Crippen LogP contribution >= 0.6 is 0 Å². The number of benzene rings is 1. The fourth-order valence-electron chi connectivity index (χ4n) is 3.27. The van der Waals surface area contributed by atoms with Gasteiger partial charge >= 0.3 is 0 Å². The summed E-state index contributed by atoms with van der Waals surface area (Å²) in [5.41, 5.74) is 2.99. The van der Waals surface area contributed by atoms with Crippen molar-refractivity contribution in [2.24, 2.45) is 0 Å². The minimum Gasteiger partial charge on any atom is -0.381 e. The van der Waals surface area contributed by atoms with Crippen molar-refractivity contribution >= 4 is 0 Å². The number of ether oxygens (including phenoxy) is 1. The molecule has 0 saturated carbocycles. The number of nitrogens with zero attached hydrogens (tertiary/aromatic N) is 1. The second-order valence-corrected chi connectivity index (χ2v) is 5.83. The monoisotopic (exact) mass is 260 g/mol. The minimum absolute atomic E-state index is 0.586. The molecular formula is C16H24N2O. The van der Waals surface area contributed by atoms with Crippen LogP contribution in [0.3, 0.4) is 0 Å². The highest BCUT2D eigenvalue weighted by Gasteiger charge is 2.23. The van der Waals surface area contributed by atoms with Gasteiger partial charge in [0.05, 0.1) is 0 Å². The molecular weight excluding hydrogens is 236 g/mol. The van der Waals surface area contributed by atoms with E-state index in [1.54, 1.807) is 0 Å². The number of rotatable bonds is 3. The quantitative estimate of drug-likeness (QED) is 0.897. The summed E-state index contributed by atoms with van der Waals surface area (Å²) in [5, 5.41) is 3.67. The van der Waals surface area contributed by atoms with Crippen molar-refractivity contribution in [2.45, 2.75) is 37.9 Å². The van der Waals surface area contributed by atoms with Crippen molar-refractivity contribution in [1.82, 2.24) is 10.2 Å². The first kappa shape index (κ1) is 13.1. The van der Waals surface area contributed by atoms with E-state index in [-0.39, 0.29) is 0 Å².